The second-order valence-electron chi connectivity index (χ2n) is 7.55. The van der Waals surface area contributed by atoms with Gasteiger partial charge in [0.25, 0.3) is 0 Å². The number of carbonyl (C=O) groups excluding carboxylic acids is 2. The number of aromatic nitrogens is 1. The summed E-state index contributed by atoms with van der Waals surface area (Å²) in [5.41, 5.74) is 1.81. The lowest BCUT2D eigenvalue weighted by atomic mass is 10.0. The van der Waals surface area contributed by atoms with Gasteiger partial charge in [0.2, 0.25) is 10.0 Å². The highest BCUT2D eigenvalue weighted by Crippen LogP contribution is 2.23. The van der Waals surface area contributed by atoms with Gasteiger partial charge in [-0.1, -0.05) is 0 Å². The lowest BCUT2D eigenvalue weighted by Crippen LogP contribution is -2.53. The Labute approximate surface area is 181 Å². The Morgan fingerprint density at radius 1 is 1.10 bits per heavy atom. The summed E-state index contributed by atoms with van der Waals surface area (Å²) in [7, 11) is -2.43. The number of ether oxygens (including phenoxy) is 1. The number of piperazine rings is 1. The fraction of sp³-hybridized carbons (Fsp3) is 0.429. The zero-order valence-electron chi connectivity index (χ0n) is 17.9. The van der Waals surface area contributed by atoms with E-state index in [1.54, 1.807) is 20.8 Å². The van der Waals surface area contributed by atoms with E-state index in [2.05, 4.69) is 4.98 Å². The third-order valence-corrected chi connectivity index (χ3v) is 7.64. The number of H-pyrrole nitrogens is 1. The Bertz CT molecular complexity index is 1090. The van der Waals surface area contributed by atoms with E-state index in [0.29, 0.717) is 35.6 Å². The van der Waals surface area contributed by atoms with Gasteiger partial charge in [-0.2, -0.15) is 4.31 Å². The van der Waals surface area contributed by atoms with Crippen LogP contribution in [0.4, 0.5) is 4.39 Å². The zero-order valence-corrected chi connectivity index (χ0v) is 18.8. The molecule has 1 fully saturated rings. The quantitative estimate of drug-likeness (QED) is 0.534. The number of sulfonamides is 1. The van der Waals surface area contributed by atoms with E-state index in [-0.39, 0.29) is 23.8 Å². The van der Waals surface area contributed by atoms with Gasteiger partial charge < -0.3 is 9.72 Å². The number of carbonyl (C=O) groups is 2. The van der Waals surface area contributed by atoms with Crippen LogP contribution in [-0.4, -0.2) is 73.7 Å². The van der Waals surface area contributed by atoms with Crippen molar-refractivity contribution in [2.24, 2.45) is 0 Å². The predicted octanol–water partition coefficient (Wildman–Crippen LogP) is 2.13. The van der Waals surface area contributed by atoms with E-state index in [1.165, 1.54) is 23.5 Å². The highest BCUT2D eigenvalue weighted by molar-refractivity contribution is 7.89. The SMILES string of the molecule is COC(=O)c1c(C)[nH]c(C(=O)C(C)N2CCN(S(=O)(=O)c3ccc(F)cc3)CC2)c1C. The summed E-state index contributed by atoms with van der Waals surface area (Å²) >= 11 is 0. The smallest absolute Gasteiger partial charge is 0.339 e. The van der Waals surface area contributed by atoms with Crippen LogP contribution in [0.1, 0.15) is 39.0 Å². The number of methoxy groups -OCH3 is 1. The number of hydrogen-bond acceptors (Lipinski definition) is 6. The van der Waals surface area contributed by atoms with E-state index in [9.17, 15) is 22.4 Å². The third-order valence-electron chi connectivity index (χ3n) is 5.73. The van der Waals surface area contributed by atoms with E-state index in [1.807, 2.05) is 4.90 Å². The molecule has 1 saturated heterocycles. The molecule has 1 unspecified atom stereocenters. The fourth-order valence-electron chi connectivity index (χ4n) is 3.87. The molecule has 0 amide bonds. The summed E-state index contributed by atoms with van der Waals surface area (Å²) in [5, 5.41) is 0. The molecule has 0 spiro atoms. The molecule has 10 heteroatoms. The van der Waals surface area contributed by atoms with Gasteiger partial charge in [0.1, 0.15) is 5.82 Å². The van der Waals surface area contributed by atoms with Crippen LogP contribution in [0.2, 0.25) is 0 Å². The second-order valence-corrected chi connectivity index (χ2v) is 9.49. The lowest BCUT2D eigenvalue weighted by Gasteiger charge is -2.36. The van der Waals surface area contributed by atoms with Gasteiger partial charge in [-0.3, -0.25) is 9.69 Å². The molecule has 1 aliphatic rings. The Morgan fingerprint density at radius 3 is 2.23 bits per heavy atom. The van der Waals surface area contributed by atoms with Crippen LogP contribution in [0.25, 0.3) is 0 Å². The molecular weight excluding hydrogens is 425 g/mol. The molecule has 168 valence electrons. The Hall–Kier alpha value is -2.56. The van der Waals surface area contributed by atoms with Gasteiger partial charge in [0.05, 0.1) is 29.3 Å². The first-order valence-electron chi connectivity index (χ1n) is 9.89. The highest BCUT2D eigenvalue weighted by atomic mass is 32.2. The standard InChI is InChI=1S/C21H26FN3O5S/c1-13-18(21(27)30-4)14(2)23-19(13)20(26)15(3)24-9-11-25(12-10-24)31(28,29)17-7-5-16(22)6-8-17/h5-8,15,23H,9-12H2,1-4H3. The van der Waals surface area contributed by atoms with Gasteiger partial charge in [0.15, 0.2) is 5.78 Å². The van der Waals surface area contributed by atoms with E-state index < -0.39 is 27.9 Å². The van der Waals surface area contributed by atoms with Crippen molar-refractivity contribution >= 4 is 21.8 Å². The number of Topliss-reactive ketones (excluding diaryl/α,β-unsaturated/α-hetero) is 1. The summed E-state index contributed by atoms with van der Waals surface area (Å²) in [5.74, 6) is -1.18. The highest BCUT2D eigenvalue weighted by Gasteiger charge is 2.33. The number of ketones is 1. The van der Waals surface area contributed by atoms with Crippen molar-refractivity contribution < 1.29 is 27.1 Å². The largest absolute Gasteiger partial charge is 0.465 e. The van der Waals surface area contributed by atoms with Crippen molar-refractivity contribution in [3.8, 4) is 0 Å². The van der Waals surface area contributed by atoms with Crippen molar-refractivity contribution in [2.75, 3.05) is 33.3 Å². The molecule has 1 N–H and O–H groups in total. The number of rotatable bonds is 6. The van der Waals surface area contributed by atoms with Crippen molar-refractivity contribution in [3.05, 3.63) is 52.6 Å². The number of nitrogens with zero attached hydrogens (tertiary/aromatic N) is 2. The normalized spacial score (nSPS) is 16.8. The molecule has 31 heavy (non-hydrogen) atoms. The number of halogens is 1. The minimum absolute atomic E-state index is 0.0410. The van der Waals surface area contributed by atoms with Crippen molar-refractivity contribution in [2.45, 2.75) is 31.7 Å². The van der Waals surface area contributed by atoms with Gasteiger partial charge in [-0.25, -0.2) is 17.6 Å². The molecule has 1 atom stereocenters. The minimum Gasteiger partial charge on any atom is -0.465 e. The number of nitrogens with one attached hydrogen (secondary N) is 1. The molecule has 1 aromatic heterocycles. The summed E-state index contributed by atoms with van der Waals surface area (Å²) < 4.78 is 44.8. The van der Waals surface area contributed by atoms with Gasteiger partial charge in [0, 0.05) is 31.9 Å². The molecule has 0 saturated carbocycles. The summed E-state index contributed by atoms with van der Waals surface area (Å²) in [4.78, 5) is 30.0. The molecule has 0 bridgehead atoms. The summed E-state index contributed by atoms with van der Waals surface area (Å²) in [6, 6.07) is 4.23. The number of aryl methyl sites for hydroxylation is 1. The van der Waals surface area contributed by atoms with Crippen LogP contribution >= 0.6 is 0 Å². The number of esters is 1. The van der Waals surface area contributed by atoms with Gasteiger partial charge >= 0.3 is 5.97 Å². The first-order chi connectivity index (χ1) is 14.6. The molecule has 1 aromatic carbocycles. The average Bonchev–Trinajstić information content (AvgIpc) is 3.06. The van der Waals surface area contributed by atoms with Crippen LogP contribution in [0.3, 0.4) is 0 Å². The molecule has 2 aromatic rings. The van der Waals surface area contributed by atoms with E-state index in [0.717, 1.165) is 12.1 Å². The number of benzene rings is 1. The van der Waals surface area contributed by atoms with Gasteiger partial charge in [-0.05, 0) is 50.6 Å². The first kappa shape index (κ1) is 23.1. The van der Waals surface area contributed by atoms with Crippen LogP contribution in [0, 0.1) is 19.7 Å². The minimum atomic E-state index is -3.72. The molecule has 0 radical (unpaired) electrons. The van der Waals surface area contributed by atoms with Gasteiger partial charge in [-0.15, -0.1) is 0 Å². The molecule has 1 aliphatic heterocycles. The Kier molecular flexibility index (Phi) is 6.63. The van der Waals surface area contributed by atoms with Crippen LogP contribution in [0.5, 0.6) is 0 Å². The van der Waals surface area contributed by atoms with Crippen molar-refractivity contribution in [1.82, 2.24) is 14.2 Å². The second kappa shape index (κ2) is 8.89. The molecule has 8 nitrogen and oxygen atoms in total. The molecular formula is C21H26FN3O5S. The first-order valence-corrected chi connectivity index (χ1v) is 11.3. The average molecular weight is 452 g/mol. The maximum atomic E-state index is 13.1. The lowest BCUT2D eigenvalue weighted by molar-refractivity contribution is 0.0599. The maximum Gasteiger partial charge on any atom is 0.339 e. The zero-order chi connectivity index (χ0) is 22.9. The molecule has 2 heterocycles. The third kappa shape index (κ3) is 4.41. The predicted molar refractivity (Wildman–Crippen MR) is 112 cm³/mol. The Balaban J connectivity index is 1.70. The molecule has 0 aliphatic carbocycles. The summed E-state index contributed by atoms with van der Waals surface area (Å²) in [6.45, 7) is 6.34. The van der Waals surface area contributed by atoms with Crippen molar-refractivity contribution in [3.63, 3.8) is 0 Å². The van der Waals surface area contributed by atoms with Crippen LogP contribution < -0.4 is 0 Å². The molecule has 3 rings (SSSR count). The number of aromatic amines is 1. The maximum absolute atomic E-state index is 13.1. The fourth-order valence-corrected chi connectivity index (χ4v) is 5.29. The van der Waals surface area contributed by atoms with Crippen molar-refractivity contribution in [1.29, 1.82) is 0 Å². The van der Waals surface area contributed by atoms with E-state index in [4.69, 9.17) is 4.74 Å². The number of hydrogen-bond donors (Lipinski definition) is 1. The monoisotopic (exact) mass is 451 g/mol. The van der Waals surface area contributed by atoms with E-state index >= 15 is 0 Å². The van der Waals surface area contributed by atoms with Crippen LogP contribution in [0.15, 0.2) is 29.2 Å². The van der Waals surface area contributed by atoms with Crippen LogP contribution in [-0.2, 0) is 14.8 Å². The topological polar surface area (TPSA) is 99.8 Å². The summed E-state index contributed by atoms with van der Waals surface area (Å²) in [6.07, 6.45) is 0. The Morgan fingerprint density at radius 2 is 1.68 bits per heavy atom.